The van der Waals surface area contributed by atoms with Gasteiger partial charge in [-0.3, -0.25) is 0 Å². The number of hydrogen-bond acceptors (Lipinski definition) is 2. The van der Waals surface area contributed by atoms with Crippen molar-refractivity contribution < 1.29 is 9.59 Å². The molecule has 0 unspecified atom stereocenters. The second-order valence-corrected chi connectivity index (χ2v) is 6.46. The molecule has 3 rings (SSSR count). The van der Waals surface area contributed by atoms with E-state index in [1.165, 1.54) is 0 Å². The summed E-state index contributed by atoms with van der Waals surface area (Å²) in [6, 6.07) is 15.1. The molecule has 0 spiro atoms. The number of para-hydroxylation sites is 2. The monoisotopic (exact) mass is 352 g/mol. The van der Waals surface area contributed by atoms with E-state index in [1.54, 1.807) is 9.80 Å². The zero-order valence-electron chi connectivity index (χ0n) is 15.2. The van der Waals surface area contributed by atoms with Crippen molar-refractivity contribution in [1.29, 1.82) is 0 Å². The molecule has 1 fully saturated rings. The van der Waals surface area contributed by atoms with Gasteiger partial charge in [-0.2, -0.15) is 0 Å². The van der Waals surface area contributed by atoms with Gasteiger partial charge >= 0.3 is 12.1 Å². The summed E-state index contributed by atoms with van der Waals surface area (Å²) < 4.78 is 0. The van der Waals surface area contributed by atoms with E-state index in [-0.39, 0.29) is 12.1 Å². The number of hydrogen-bond donors (Lipinski definition) is 2. The van der Waals surface area contributed by atoms with Crippen molar-refractivity contribution >= 4 is 23.4 Å². The standard InChI is InChI=1S/C20H24N4O2/c1-15-7-3-5-9-17(15)21-19(25)23-11-13-24(14-12-23)20(26)22-18-10-6-4-8-16(18)2/h3-10H,11-14H2,1-2H3,(H,21,25)(H,22,26). The van der Waals surface area contributed by atoms with Gasteiger partial charge in [-0.1, -0.05) is 36.4 Å². The molecule has 1 saturated heterocycles. The predicted octanol–water partition coefficient (Wildman–Crippen LogP) is 3.69. The average molecular weight is 352 g/mol. The van der Waals surface area contributed by atoms with E-state index in [0.29, 0.717) is 26.2 Å². The van der Waals surface area contributed by atoms with E-state index in [9.17, 15) is 9.59 Å². The van der Waals surface area contributed by atoms with Crippen LogP contribution in [0.4, 0.5) is 21.0 Å². The number of anilines is 2. The molecule has 1 aliphatic rings. The molecule has 136 valence electrons. The highest BCUT2D eigenvalue weighted by Gasteiger charge is 2.24. The Kier molecular flexibility index (Phi) is 5.41. The minimum absolute atomic E-state index is 0.127. The van der Waals surface area contributed by atoms with Gasteiger partial charge in [0.05, 0.1) is 0 Å². The molecule has 4 amide bonds. The molecule has 0 atom stereocenters. The van der Waals surface area contributed by atoms with Crippen LogP contribution >= 0.6 is 0 Å². The maximum atomic E-state index is 12.4. The smallest absolute Gasteiger partial charge is 0.321 e. The Hall–Kier alpha value is -3.02. The number of amides is 4. The van der Waals surface area contributed by atoms with Gasteiger partial charge in [0.25, 0.3) is 0 Å². The number of nitrogens with one attached hydrogen (secondary N) is 2. The first-order valence-electron chi connectivity index (χ1n) is 8.78. The fourth-order valence-corrected chi connectivity index (χ4v) is 2.93. The minimum Gasteiger partial charge on any atom is -0.321 e. The molecule has 0 bridgehead atoms. The van der Waals surface area contributed by atoms with Gasteiger partial charge in [-0.25, -0.2) is 9.59 Å². The lowest BCUT2D eigenvalue weighted by atomic mass is 10.2. The third kappa shape index (κ3) is 4.14. The average Bonchev–Trinajstić information content (AvgIpc) is 2.65. The van der Waals surface area contributed by atoms with E-state index >= 15 is 0 Å². The molecule has 1 heterocycles. The zero-order valence-corrected chi connectivity index (χ0v) is 15.2. The molecule has 2 aromatic carbocycles. The van der Waals surface area contributed by atoms with E-state index in [2.05, 4.69) is 10.6 Å². The largest absolute Gasteiger partial charge is 0.321 e. The highest BCUT2D eigenvalue weighted by molar-refractivity contribution is 5.92. The van der Waals surface area contributed by atoms with Gasteiger partial charge in [-0.05, 0) is 37.1 Å². The van der Waals surface area contributed by atoms with Crippen molar-refractivity contribution in [2.24, 2.45) is 0 Å². The summed E-state index contributed by atoms with van der Waals surface area (Å²) >= 11 is 0. The van der Waals surface area contributed by atoms with Crippen molar-refractivity contribution in [3.8, 4) is 0 Å². The molecule has 2 N–H and O–H groups in total. The van der Waals surface area contributed by atoms with Crippen molar-refractivity contribution in [2.45, 2.75) is 13.8 Å². The molecule has 0 aromatic heterocycles. The summed E-state index contributed by atoms with van der Waals surface area (Å²) in [6.45, 7) is 5.97. The fraction of sp³-hybridized carbons (Fsp3) is 0.300. The number of carbonyl (C=O) groups is 2. The lowest BCUT2D eigenvalue weighted by Gasteiger charge is -2.34. The Labute approximate surface area is 153 Å². The third-order valence-corrected chi connectivity index (χ3v) is 4.63. The Morgan fingerprint density at radius 1 is 0.692 bits per heavy atom. The molecule has 2 aromatic rings. The number of benzene rings is 2. The van der Waals surface area contributed by atoms with Crippen LogP contribution in [0.5, 0.6) is 0 Å². The number of carbonyl (C=O) groups excluding carboxylic acids is 2. The van der Waals surface area contributed by atoms with Crippen LogP contribution in [0.2, 0.25) is 0 Å². The topological polar surface area (TPSA) is 64.7 Å². The zero-order chi connectivity index (χ0) is 18.5. The number of rotatable bonds is 2. The van der Waals surface area contributed by atoms with Crippen LogP contribution in [0.3, 0.4) is 0 Å². The number of piperazine rings is 1. The van der Waals surface area contributed by atoms with Gasteiger partial charge in [0.2, 0.25) is 0 Å². The van der Waals surface area contributed by atoms with Crippen LogP contribution in [0.15, 0.2) is 48.5 Å². The summed E-state index contributed by atoms with van der Waals surface area (Å²) in [7, 11) is 0. The van der Waals surface area contributed by atoms with E-state index in [4.69, 9.17) is 0 Å². The van der Waals surface area contributed by atoms with Gasteiger partial charge in [0, 0.05) is 37.6 Å². The highest BCUT2D eigenvalue weighted by atomic mass is 16.2. The number of aryl methyl sites for hydroxylation is 2. The summed E-state index contributed by atoms with van der Waals surface area (Å²) in [4.78, 5) is 28.3. The van der Waals surface area contributed by atoms with Crippen molar-refractivity contribution in [3.63, 3.8) is 0 Å². The maximum Gasteiger partial charge on any atom is 0.321 e. The fourth-order valence-electron chi connectivity index (χ4n) is 2.93. The van der Waals surface area contributed by atoms with Gasteiger partial charge < -0.3 is 20.4 Å². The minimum atomic E-state index is -0.127. The van der Waals surface area contributed by atoms with Crippen molar-refractivity contribution in [3.05, 3.63) is 59.7 Å². The van der Waals surface area contributed by atoms with E-state index in [0.717, 1.165) is 22.5 Å². The van der Waals surface area contributed by atoms with Crippen LogP contribution < -0.4 is 10.6 Å². The molecule has 26 heavy (non-hydrogen) atoms. The summed E-state index contributed by atoms with van der Waals surface area (Å²) in [5, 5.41) is 5.88. The van der Waals surface area contributed by atoms with Crippen LogP contribution in [0.25, 0.3) is 0 Å². The normalized spacial score (nSPS) is 14.1. The number of nitrogens with zero attached hydrogens (tertiary/aromatic N) is 2. The summed E-state index contributed by atoms with van der Waals surface area (Å²) in [5.74, 6) is 0. The lowest BCUT2D eigenvalue weighted by molar-refractivity contribution is 0.156. The number of urea groups is 2. The van der Waals surface area contributed by atoms with E-state index in [1.807, 2.05) is 62.4 Å². The third-order valence-electron chi connectivity index (χ3n) is 4.63. The first-order chi connectivity index (χ1) is 12.5. The molecule has 0 radical (unpaired) electrons. The quantitative estimate of drug-likeness (QED) is 0.866. The summed E-state index contributed by atoms with van der Waals surface area (Å²) in [6.07, 6.45) is 0. The molecule has 0 saturated carbocycles. The van der Waals surface area contributed by atoms with Crippen LogP contribution in [0.1, 0.15) is 11.1 Å². The Balaban J connectivity index is 1.52. The summed E-state index contributed by atoms with van der Waals surface area (Å²) in [5.41, 5.74) is 3.68. The SMILES string of the molecule is Cc1ccccc1NC(=O)N1CCN(C(=O)Nc2ccccc2C)CC1. The second kappa shape index (κ2) is 7.91. The van der Waals surface area contributed by atoms with Gasteiger partial charge in [0.1, 0.15) is 0 Å². The molecular formula is C20H24N4O2. The Bertz CT molecular complexity index is 730. The first kappa shape index (κ1) is 17.8. The lowest BCUT2D eigenvalue weighted by Crippen LogP contribution is -2.52. The van der Waals surface area contributed by atoms with Crippen molar-refractivity contribution in [1.82, 2.24) is 9.80 Å². The van der Waals surface area contributed by atoms with Crippen LogP contribution in [0, 0.1) is 13.8 Å². The molecule has 6 nitrogen and oxygen atoms in total. The maximum absolute atomic E-state index is 12.4. The first-order valence-corrected chi connectivity index (χ1v) is 8.78. The van der Waals surface area contributed by atoms with Crippen LogP contribution in [-0.4, -0.2) is 48.0 Å². The Morgan fingerprint density at radius 2 is 1.04 bits per heavy atom. The Morgan fingerprint density at radius 3 is 1.38 bits per heavy atom. The molecule has 6 heteroatoms. The molecule has 0 aliphatic carbocycles. The molecule has 1 aliphatic heterocycles. The van der Waals surface area contributed by atoms with Gasteiger partial charge in [0.15, 0.2) is 0 Å². The predicted molar refractivity (Wildman–Crippen MR) is 104 cm³/mol. The second-order valence-electron chi connectivity index (χ2n) is 6.46. The highest BCUT2D eigenvalue weighted by Crippen LogP contribution is 2.16. The van der Waals surface area contributed by atoms with E-state index < -0.39 is 0 Å². The van der Waals surface area contributed by atoms with Gasteiger partial charge in [-0.15, -0.1) is 0 Å². The van der Waals surface area contributed by atoms with Crippen LogP contribution in [-0.2, 0) is 0 Å². The van der Waals surface area contributed by atoms with Crippen molar-refractivity contribution in [2.75, 3.05) is 36.8 Å². The molecular weight excluding hydrogens is 328 g/mol.